The molecular weight excluding hydrogens is 236 g/mol. The van der Waals surface area contributed by atoms with Crippen LogP contribution in [0.1, 0.15) is 0 Å². The highest BCUT2D eigenvalue weighted by molar-refractivity contribution is 5.89. The third kappa shape index (κ3) is 4.84. The Kier molecular flexibility index (Phi) is 4.98. The Morgan fingerprint density at radius 3 is 1.61 bits per heavy atom. The fraction of sp³-hybridized carbons (Fsp3) is 0. The average molecular weight is 246 g/mol. The Balaban J connectivity index is 0.000000187. The topological polar surface area (TPSA) is 100 Å². The van der Waals surface area contributed by atoms with Gasteiger partial charge < -0.3 is 10.2 Å². The van der Waals surface area contributed by atoms with Crippen LogP contribution >= 0.6 is 0 Å². The van der Waals surface area contributed by atoms with Gasteiger partial charge in [0.25, 0.3) is 0 Å². The molecule has 1 heterocycles. The number of aromatic nitrogens is 2. The summed E-state index contributed by atoms with van der Waals surface area (Å²) >= 11 is 0. The fourth-order valence-corrected chi connectivity index (χ4v) is 1.05. The third-order valence-corrected chi connectivity index (χ3v) is 1.74. The molecule has 2 rings (SSSR count). The standard InChI is InChI=1S/C8H6N2.C4H4O4/c1-2-4-8-7(3-1)9-5-6-10-8;5-3(6)1-2-4(7)8/h1-6H;1-2H,(H,5,6)(H,7,8). The first-order valence-electron chi connectivity index (χ1n) is 4.89. The number of carboxylic acids is 2. The molecule has 0 saturated carbocycles. The summed E-state index contributed by atoms with van der Waals surface area (Å²) in [4.78, 5) is 27.3. The molecule has 0 amide bonds. The number of hydrogen-bond acceptors (Lipinski definition) is 4. The van der Waals surface area contributed by atoms with E-state index in [9.17, 15) is 9.59 Å². The van der Waals surface area contributed by atoms with Crippen molar-refractivity contribution in [1.82, 2.24) is 9.97 Å². The highest BCUT2D eigenvalue weighted by Gasteiger charge is 1.88. The largest absolute Gasteiger partial charge is 0.478 e. The van der Waals surface area contributed by atoms with E-state index in [1.54, 1.807) is 12.4 Å². The van der Waals surface area contributed by atoms with Gasteiger partial charge in [0, 0.05) is 24.5 Å². The van der Waals surface area contributed by atoms with E-state index in [-0.39, 0.29) is 0 Å². The lowest BCUT2D eigenvalue weighted by atomic mass is 10.3. The van der Waals surface area contributed by atoms with Crippen molar-refractivity contribution in [3.8, 4) is 0 Å². The van der Waals surface area contributed by atoms with Crippen LogP contribution in [0.2, 0.25) is 0 Å². The van der Waals surface area contributed by atoms with Crippen LogP contribution in [-0.4, -0.2) is 32.1 Å². The minimum atomic E-state index is -1.26. The second kappa shape index (κ2) is 6.74. The first-order chi connectivity index (χ1) is 8.59. The smallest absolute Gasteiger partial charge is 0.328 e. The quantitative estimate of drug-likeness (QED) is 0.775. The van der Waals surface area contributed by atoms with Gasteiger partial charge in [0.1, 0.15) is 0 Å². The van der Waals surface area contributed by atoms with Crippen molar-refractivity contribution in [3.05, 3.63) is 48.8 Å². The molecule has 92 valence electrons. The van der Waals surface area contributed by atoms with Gasteiger partial charge in [0.05, 0.1) is 11.0 Å². The highest BCUT2D eigenvalue weighted by atomic mass is 16.4. The van der Waals surface area contributed by atoms with E-state index in [1.165, 1.54) is 0 Å². The summed E-state index contributed by atoms with van der Waals surface area (Å²) in [5, 5.41) is 15.6. The van der Waals surface area contributed by atoms with Crippen molar-refractivity contribution < 1.29 is 19.8 Å². The van der Waals surface area contributed by atoms with E-state index >= 15 is 0 Å². The van der Waals surface area contributed by atoms with Gasteiger partial charge in [-0.1, -0.05) is 12.1 Å². The summed E-state index contributed by atoms with van der Waals surface area (Å²) in [7, 11) is 0. The molecule has 6 nitrogen and oxygen atoms in total. The summed E-state index contributed by atoms with van der Waals surface area (Å²) in [5.41, 5.74) is 1.90. The van der Waals surface area contributed by atoms with Gasteiger partial charge in [-0.15, -0.1) is 0 Å². The Morgan fingerprint density at radius 2 is 1.28 bits per heavy atom. The molecule has 0 atom stereocenters. The summed E-state index contributed by atoms with van der Waals surface area (Å²) in [6, 6.07) is 7.80. The zero-order valence-electron chi connectivity index (χ0n) is 9.22. The van der Waals surface area contributed by atoms with Crippen molar-refractivity contribution in [1.29, 1.82) is 0 Å². The summed E-state index contributed by atoms with van der Waals surface area (Å²) in [6.07, 6.45) is 4.51. The molecule has 0 unspecified atom stereocenters. The molecule has 0 fully saturated rings. The zero-order chi connectivity index (χ0) is 13.4. The second-order valence-electron chi connectivity index (χ2n) is 3.05. The van der Waals surface area contributed by atoms with E-state index in [0.717, 1.165) is 11.0 Å². The van der Waals surface area contributed by atoms with Crippen molar-refractivity contribution in [2.75, 3.05) is 0 Å². The molecule has 0 aliphatic rings. The Bertz CT molecular complexity index is 500. The third-order valence-electron chi connectivity index (χ3n) is 1.74. The Hall–Kier alpha value is -2.76. The number of fused-ring (bicyclic) bond motifs is 1. The van der Waals surface area contributed by atoms with E-state index in [2.05, 4.69) is 9.97 Å². The minimum absolute atomic E-state index is 0.558. The minimum Gasteiger partial charge on any atom is -0.478 e. The number of carbonyl (C=O) groups is 2. The van der Waals surface area contributed by atoms with E-state index in [1.807, 2.05) is 24.3 Å². The number of hydrogen-bond donors (Lipinski definition) is 2. The van der Waals surface area contributed by atoms with Crippen molar-refractivity contribution in [3.63, 3.8) is 0 Å². The number of carboxylic acid groups (broad SMARTS) is 2. The van der Waals surface area contributed by atoms with E-state index in [4.69, 9.17) is 10.2 Å². The maximum atomic E-state index is 9.55. The summed E-state index contributed by atoms with van der Waals surface area (Å²) in [5.74, 6) is -2.51. The Morgan fingerprint density at radius 1 is 0.889 bits per heavy atom. The lowest BCUT2D eigenvalue weighted by molar-refractivity contribution is -0.134. The van der Waals surface area contributed by atoms with Crippen LogP contribution in [-0.2, 0) is 9.59 Å². The van der Waals surface area contributed by atoms with Gasteiger partial charge in [0.2, 0.25) is 0 Å². The molecule has 1 aromatic heterocycles. The van der Waals surface area contributed by atoms with Gasteiger partial charge in [-0.2, -0.15) is 0 Å². The van der Waals surface area contributed by atoms with Crippen LogP contribution < -0.4 is 0 Å². The normalized spacial score (nSPS) is 9.78. The zero-order valence-corrected chi connectivity index (χ0v) is 9.22. The molecule has 0 saturated heterocycles. The summed E-state index contributed by atoms with van der Waals surface area (Å²) in [6.45, 7) is 0. The van der Waals surface area contributed by atoms with Crippen LogP contribution in [0.4, 0.5) is 0 Å². The number of aliphatic carboxylic acids is 2. The molecule has 18 heavy (non-hydrogen) atoms. The van der Waals surface area contributed by atoms with Crippen LogP contribution in [0.5, 0.6) is 0 Å². The summed E-state index contributed by atoms with van der Waals surface area (Å²) < 4.78 is 0. The van der Waals surface area contributed by atoms with Gasteiger partial charge in [0.15, 0.2) is 0 Å². The van der Waals surface area contributed by atoms with Crippen molar-refractivity contribution >= 4 is 23.0 Å². The molecule has 2 N–H and O–H groups in total. The lowest BCUT2D eigenvalue weighted by Gasteiger charge is -1.90. The van der Waals surface area contributed by atoms with Crippen LogP contribution in [0.25, 0.3) is 11.0 Å². The molecule has 0 aliphatic carbocycles. The SMILES string of the molecule is O=C(O)C=CC(=O)O.c1ccc2nccnc2c1. The Labute approximate surface area is 102 Å². The molecule has 0 aliphatic heterocycles. The highest BCUT2D eigenvalue weighted by Crippen LogP contribution is 2.04. The van der Waals surface area contributed by atoms with E-state index < -0.39 is 11.9 Å². The predicted octanol–water partition coefficient (Wildman–Crippen LogP) is 1.34. The van der Waals surface area contributed by atoms with Gasteiger partial charge in [-0.25, -0.2) is 9.59 Å². The molecule has 2 aromatic rings. The maximum absolute atomic E-state index is 9.55. The van der Waals surface area contributed by atoms with Crippen molar-refractivity contribution in [2.45, 2.75) is 0 Å². The maximum Gasteiger partial charge on any atom is 0.328 e. The second-order valence-corrected chi connectivity index (χ2v) is 3.05. The fourth-order valence-electron chi connectivity index (χ4n) is 1.05. The van der Waals surface area contributed by atoms with Gasteiger partial charge in [-0.3, -0.25) is 9.97 Å². The number of para-hydroxylation sites is 2. The molecule has 6 heteroatoms. The first kappa shape index (κ1) is 13.3. The van der Waals surface area contributed by atoms with Gasteiger partial charge in [-0.05, 0) is 12.1 Å². The van der Waals surface area contributed by atoms with Crippen LogP contribution in [0, 0.1) is 0 Å². The van der Waals surface area contributed by atoms with E-state index in [0.29, 0.717) is 12.2 Å². The molecule has 0 radical (unpaired) electrons. The average Bonchev–Trinajstić information content (AvgIpc) is 2.37. The molecule has 1 aromatic carbocycles. The molecule has 0 bridgehead atoms. The van der Waals surface area contributed by atoms with Crippen molar-refractivity contribution in [2.24, 2.45) is 0 Å². The van der Waals surface area contributed by atoms with Crippen LogP contribution in [0.3, 0.4) is 0 Å². The molecule has 0 spiro atoms. The number of rotatable bonds is 2. The van der Waals surface area contributed by atoms with Gasteiger partial charge >= 0.3 is 11.9 Å². The number of benzene rings is 1. The lowest BCUT2D eigenvalue weighted by Crippen LogP contribution is -1.91. The first-order valence-corrected chi connectivity index (χ1v) is 4.89. The number of nitrogens with zero attached hydrogens (tertiary/aromatic N) is 2. The monoisotopic (exact) mass is 246 g/mol. The predicted molar refractivity (Wildman–Crippen MR) is 63.9 cm³/mol. The van der Waals surface area contributed by atoms with Crippen LogP contribution in [0.15, 0.2) is 48.8 Å². The molecular formula is C12H10N2O4.